The smallest absolute Gasteiger partial charge is 0.397 e. The molecule has 0 amide bonds. The third-order valence-electron chi connectivity index (χ3n) is 8.16. The lowest BCUT2D eigenvalue weighted by Crippen LogP contribution is -2.21. The number of carbonyl (C=O) groups is 1. The van der Waals surface area contributed by atoms with Gasteiger partial charge in [0.15, 0.2) is 21.9 Å². The monoisotopic (exact) mass is 1050 g/mol. The first-order chi connectivity index (χ1) is 32.8. The Hall–Kier alpha value is -7.12. The SMILES string of the molecule is O=Cc1ccc(SOOO)cc1N=N/C(=N\Nc1cc(S(=O)(=O)O)cc(Nc2nc(F)nc(N[B]Nc3nc(Cl)nc(Nc4ccc(S(=O)(=O)CCOS(=O)(=O)O)cc4)n3)n2)c1O)c1ccccc1. The summed E-state index contributed by atoms with van der Waals surface area (Å²) >= 11 is 6.64. The molecule has 2 aromatic heterocycles. The molecule has 6 rings (SSSR count). The van der Waals surface area contributed by atoms with Gasteiger partial charge in [-0.15, -0.1) is 14.6 Å². The van der Waals surface area contributed by atoms with Gasteiger partial charge in [0.2, 0.25) is 34.9 Å². The number of nitrogens with zero attached hydrogens (tertiary/aromatic N) is 9. The Balaban J connectivity index is 1.17. The van der Waals surface area contributed by atoms with E-state index in [-0.39, 0.29) is 44.8 Å². The standard InChI is InChI=1S/C34H28BClFN14O14S4/c36-29-40-31(38-20-7-10-22(11-8-20)67(55,56)13-12-63-69(60,61)62)44-33(41-29)46-35-47-34-43-30(37)42-32(45-34)39-25-15-23(68(57,58)59)16-26(27(25)53)49-51-28(18-4-2-1-3-5-18)50-48-24-14-21(66-65-64-54)9-6-19(24)17-52/h1-11,14-17,49,53-54H,12-13H2,(H,57,58,59)(H,60,61,62)(H2,38,40,41,44,46)(H2,39,42,43,45,47)/b50-48?,51-28-. The van der Waals surface area contributed by atoms with Crippen LogP contribution in [0.5, 0.6) is 5.75 Å². The van der Waals surface area contributed by atoms with Gasteiger partial charge in [-0.05, 0) is 66.2 Å². The lowest BCUT2D eigenvalue weighted by atomic mass is 10.2. The van der Waals surface area contributed by atoms with Crippen molar-refractivity contribution >= 4 is 120 Å². The quantitative estimate of drug-likeness (QED) is 0.00423. The van der Waals surface area contributed by atoms with Gasteiger partial charge in [0, 0.05) is 21.7 Å². The predicted octanol–water partition coefficient (Wildman–Crippen LogP) is 4.74. The normalized spacial score (nSPS) is 12.1. The second kappa shape index (κ2) is 22.8. The van der Waals surface area contributed by atoms with E-state index in [0.29, 0.717) is 28.8 Å². The van der Waals surface area contributed by atoms with Crippen molar-refractivity contribution in [3.05, 3.63) is 107 Å². The molecule has 69 heavy (non-hydrogen) atoms. The van der Waals surface area contributed by atoms with Gasteiger partial charge in [0.05, 0.1) is 45.6 Å². The van der Waals surface area contributed by atoms with E-state index in [1.165, 1.54) is 42.5 Å². The van der Waals surface area contributed by atoms with Gasteiger partial charge >= 0.3 is 24.0 Å². The lowest BCUT2D eigenvalue weighted by molar-refractivity contribution is -0.432. The number of halogens is 2. The first kappa shape index (κ1) is 51.3. The van der Waals surface area contributed by atoms with E-state index >= 15 is 0 Å². The second-order valence-corrected chi connectivity index (χ2v) is 18.5. The van der Waals surface area contributed by atoms with Crippen molar-refractivity contribution in [2.45, 2.75) is 14.7 Å². The molecule has 35 heteroatoms. The number of hydrogen-bond acceptors (Lipinski definition) is 26. The Kier molecular flexibility index (Phi) is 16.9. The van der Waals surface area contributed by atoms with Crippen molar-refractivity contribution < 1.29 is 67.5 Å². The van der Waals surface area contributed by atoms with Crippen LogP contribution in [0.2, 0.25) is 5.28 Å². The highest BCUT2D eigenvalue weighted by Crippen LogP contribution is 2.37. The van der Waals surface area contributed by atoms with Crippen LogP contribution in [0.3, 0.4) is 0 Å². The second-order valence-electron chi connectivity index (χ2n) is 12.8. The number of phenolic OH excluding ortho intramolecular Hbond substituents is 1. The number of sulfone groups is 1. The lowest BCUT2D eigenvalue weighted by Gasteiger charge is -2.13. The highest BCUT2D eigenvalue weighted by molar-refractivity contribution is 7.94. The maximum Gasteiger partial charge on any atom is 0.397 e. The molecule has 4 aromatic carbocycles. The largest absolute Gasteiger partial charge is 0.504 e. The maximum atomic E-state index is 14.7. The summed E-state index contributed by atoms with van der Waals surface area (Å²) in [6.45, 7) is -0.817. The Morgan fingerprint density at radius 3 is 2.13 bits per heavy atom. The summed E-state index contributed by atoms with van der Waals surface area (Å²) < 4.78 is 113. The van der Waals surface area contributed by atoms with E-state index in [0.717, 1.165) is 19.7 Å². The molecular formula is C34H28BClFN14O14S4. The summed E-state index contributed by atoms with van der Waals surface area (Å²) in [4.78, 5) is 34.0. The minimum Gasteiger partial charge on any atom is -0.504 e. The van der Waals surface area contributed by atoms with E-state index in [2.05, 4.69) is 85.3 Å². The number of aldehydes is 1. The number of aromatic nitrogens is 6. The Bertz CT molecular complexity index is 3250. The molecular weight excluding hydrogens is 1020 g/mol. The topological polar surface area (TPSA) is 403 Å². The summed E-state index contributed by atoms with van der Waals surface area (Å²) in [5, 5.41) is 45.7. The molecule has 6 aromatic rings. The zero-order valence-corrected chi connectivity index (χ0v) is 38.0. The zero-order valence-electron chi connectivity index (χ0n) is 33.9. The molecule has 0 aliphatic rings. The number of aromatic hydroxyl groups is 1. The highest BCUT2D eigenvalue weighted by atomic mass is 35.5. The molecule has 0 saturated carbocycles. The number of rotatable bonds is 22. The summed E-state index contributed by atoms with van der Waals surface area (Å²) in [5.41, 5.74) is 2.25. The number of anilines is 7. The molecule has 0 unspecified atom stereocenters. The Morgan fingerprint density at radius 2 is 1.46 bits per heavy atom. The number of nitrogens with one attached hydrogen (secondary N) is 5. The number of carbonyl (C=O) groups excluding carboxylic acids is 1. The third kappa shape index (κ3) is 15.2. The van der Waals surface area contributed by atoms with Crippen LogP contribution in [0.1, 0.15) is 15.9 Å². The highest BCUT2D eigenvalue weighted by Gasteiger charge is 2.21. The molecule has 0 fully saturated rings. The van der Waals surface area contributed by atoms with Gasteiger partial charge in [-0.3, -0.25) is 19.3 Å². The number of phenols is 1. The number of hydrogen-bond donors (Lipinski definition) is 9. The minimum atomic E-state index is -4.99. The molecule has 2 heterocycles. The van der Waals surface area contributed by atoms with Crippen LogP contribution < -0.4 is 26.5 Å². The maximum absolute atomic E-state index is 14.7. The van der Waals surface area contributed by atoms with Crippen LogP contribution in [0.25, 0.3) is 0 Å². The fourth-order valence-electron chi connectivity index (χ4n) is 5.17. The van der Waals surface area contributed by atoms with Crippen LogP contribution in [0.4, 0.5) is 50.9 Å². The average Bonchev–Trinajstić information content (AvgIpc) is 3.28. The van der Waals surface area contributed by atoms with E-state index in [1.54, 1.807) is 30.3 Å². The van der Waals surface area contributed by atoms with Crippen LogP contribution in [0, 0.1) is 6.08 Å². The molecule has 28 nitrogen and oxygen atoms in total. The van der Waals surface area contributed by atoms with Crippen molar-refractivity contribution in [1.82, 2.24) is 29.9 Å². The van der Waals surface area contributed by atoms with Crippen LogP contribution in [0.15, 0.2) is 115 Å². The molecule has 359 valence electrons. The number of benzene rings is 4. The number of azo groups is 1. The van der Waals surface area contributed by atoms with Crippen molar-refractivity contribution in [2.75, 3.05) is 38.9 Å². The van der Waals surface area contributed by atoms with Crippen LogP contribution in [-0.2, 0) is 43.9 Å². The summed E-state index contributed by atoms with van der Waals surface area (Å²) in [6, 6.07) is 19.0. The van der Waals surface area contributed by atoms with Gasteiger partial charge in [0.1, 0.15) is 5.69 Å². The molecule has 0 atom stereocenters. The van der Waals surface area contributed by atoms with E-state index in [4.69, 9.17) is 21.4 Å². The molecule has 0 aliphatic carbocycles. The van der Waals surface area contributed by atoms with Gasteiger partial charge < -0.3 is 26.2 Å². The van der Waals surface area contributed by atoms with E-state index in [1.807, 2.05) is 0 Å². The summed E-state index contributed by atoms with van der Waals surface area (Å²) in [7, 11) is -12.8. The van der Waals surface area contributed by atoms with Crippen LogP contribution >= 0.6 is 23.6 Å². The van der Waals surface area contributed by atoms with E-state index < -0.39 is 82.7 Å². The minimum absolute atomic E-state index is 0.0286. The van der Waals surface area contributed by atoms with E-state index in [9.17, 15) is 44.1 Å². The number of amidine groups is 1. The van der Waals surface area contributed by atoms with Crippen molar-refractivity contribution in [1.29, 1.82) is 0 Å². The fourth-order valence-corrected chi connectivity index (χ4v) is 7.74. The molecule has 1 radical (unpaired) electrons. The Labute approximate surface area is 397 Å². The van der Waals surface area contributed by atoms with Gasteiger partial charge in [0.25, 0.3) is 10.1 Å². The Morgan fingerprint density at radius 1 is 0.812 bits per heavy atom. The summed E-state index contributed by atoms with van der Waals surface area (Å²) in [6.07, 6.45) is -0.868. The third-order valence-corrected chi connectivity index (χ3v) is 11.9. The molecule has 0 aliphatic heterocycles. The number of hydrazone groups is 1. The van der Waals surface area contributed by atoms with Crippen molar-refractivity contribution in [2.24, 2.45) is 15.3 Å². The molecule has 0 bridgehead atoms. The molecule has 0 spiro atoms. The van der Waals surface area contributed by atoms with Crippen molar-refractivity contribution in [3.8, 4) is 5.75 Å². The predicted molar refractivity (Wildman–Crippen MR) is 242 cm³/mol. The average molecular weight is 1050 g/mol. The van der Waals surface area contributed by atoms with Gasteiger partial charge in [-0.25, -0.2) is 17.9 Å². The zero-order chi connectivity index (χ0) is 49.8. The van der Waals surface area contributed by atoms with Gasteiger partial charge in [-0.1, -0.05) is 35.4 Å². The van der Waals surface area contributed by atoms with Gasteiger partial charge in [-0.2, -0.15) is 56.2 Å². The first-order valence-electron chi connectivity index (χ1n) is 18.3. The fraction of sp³-hybridized carbons (Fsp3) is 0.0588. The molecule has 9 N–H and O–H groups in total. The van der Waals surface area contributed by atoms with Crippen LogP contribution in [-0.4, -0.2) is 107 Å². The summed E-state index contributed by atoms with van der Waals surface area (Å²) in [5.74, 6) is -3.08. The first-order valence-corrected chi connectivity index (χ1v) is 23.9. The van der Waals surface area contributed by atoms with Crippen molar-refractivity contribution in [3.63, 3.8) is 0 Å². The molecule has 0 saturated heterocycles.